The first-order chi connectivity index (χ1) is 12.1. The van der Waals surface area contributed by atoms with E-state index in [9.17, 15) is 9.59 Å². The van der Waals surface area contributed by atoms with Crippen LogP contribution in [-0.2, 0) is 20.7 Å². The first-order valence-electron chi connectivity index (χ1n) is 8.61. The quantitative estimate of drug-likeness (QED) is 0.287. The maximum Gasteiger partial charge on any atom is 0.318 e. The van der Waals surface area contributed by atoms with E-state index in [0.717, 1.165) is 25.1 Å². The number of amides is 1. The fourth-order valence-electron chi connectivity index (χ4n) is 2.39. The summed E-state index contributed by atoms with van der Waals surface area (Å²) in [6.45, 7) is 4.52. The summed E-state index contributed by atoms with van der Waals surface area (Å²) in [4.78, 5) is 24.7. The molecule has 0 saturated heterocycles. The Morgan fingerprint density at radius 2 is 1.96 bits per heavy atom. The Morgan fingerprint density at radius 3 is 2.64 bits per heavy atom. The van der Waals surface area contributed by atoms with Gasteiger partial charge in [0.1, 0.15) is 11.7 Å². The summed E-state index contributed by atoms with van der Waals surface area (Å²) in [6, 6.07) is 7.34. The molecule has 7 heteroatoms. The third-order valence-electron chi connectivity index (χ3n) is 3.65. The van der Waals surface area contributed by atoms with Gasteiger partial charge in [0.15, 0.2) is 0 Å². The summed E-state index contributed by atoms with van der Waals surface area (Å²) in [5, 5.41) is 5.96. The predicted molar refractivity (Wildman–Crippen MR) is 96.4 cm³/mol. The van der Waals surface area contributed by atoms with Crippen LogP contribution in [0.1, 0.15) is 18.9 Å². The van der Waals surface area contributed by atoms with Crippen molar-refractivity contribution >= 4 is 11.9 Å². The van der Waals surface area contributed by atoms with E-state index < -0.39 is 11.9 Å². The fourth-order valence-corrected chi connectivity index (χ4v) is 2.39. The van der Waals surface area contributed by atoms with Gasteiger partial charge in [-0.3, -0.25) is 9.59 Å². The Balaban J connectivity index is 2.66. The largest absolute Gasteiger partial charge is 0.496 e. The van der Waals surface area contributed by atoms with Crippen molar-refractivity contribution in [3.8, 4) is 5.75 Å². The van der Waals surface area contributed by atoms with Crippen LogP contribution in [0.3, 0.4) is 0 Å². The summed E-state index contributed by atoms with van der Waals surface area (Å²) in [5.74, 6) is -1.10. The monoisotopic (exact) mass is 351 g/mol. The normalized spacial score (nSPS) is 11.6. The molecule has 1 rings (SSSR count). The van der Waals surface area contributed by atoms with Gasteiger partial charge in [0.05, 0.1) is 13.7 Å². The van der Waals surface area contributed by atoms with E-state index in [4.69, 9.17) is 15.2 Å². The molecular weight excluding hydrogens is 322 g/mol. The molecule has 0 spiro atoms. The van der Waals surface area contributed by atoms with Crippen LogP contribution in [0.5, 0.6) is 5.75 Å². The highest BCUT2D eigenvalue weighted by molar-refractivity contribution is 5.98. The Hall–Kier alpha value is -2.12. The molecule has 0 aliphatic heterocycles. The van der Waals surface area contributed by atoms with Gasteiger partial charge in [-0.1, -0.05) is 18.2 Å². The lowest BCUT2D eigenvalue weighted by atomic mass is 9.97. The number of ether oxygens (including phenoxy) is 2. The number of benzene rings is 1. The molecule has 1 aromatic carbocycles. The molecule has 0 bridgehead atoms. The molecular formula is C18H29N3O4. The zero-order valence-corrected chi connectivity index (χ0v) is 15.0. The molecule has 0 aromatic heterocycles. The number of rotatable bonds is 12. The molecule has 1 aromatic rings. The van der Waals surface area contributed by atoms with Crippen molar-refractivity contribution in [3.63, 3.8) is 0 Å². The highest BCUT2D eigenvalue weighted by Crippen LogP contribution is 2.21. The molecule has 1 amide bonds. The first kappa shape index (κ1) is 20.9. The number of methoxy groups -OCH3 is 1. The van der Waals surface area contributed by atoms with Crippen molar-refractivity contribution in [3.05, 3.63) is 29.8 Å². The number of para-hydroxylation sites is 1. The van der Waals surface area contributed by atoms with Crippen LogP contribution in [0.25, 0.3) is 0 Å². The topological polar surface area (TPSA) is 103 Å². The SMILES string of the molecule is CCOC(=O)C(Cc1ccccc1OC)C(=O)NCCCNCCN. The molecule has 0 fully saturated rings. The zero-order valence-electron chi connectivity index (χ0n) is 15.0. The minimum atomic E-state index is -0.895. The van der Waals surface area contributed by atoms with Gasteiger partial charge in [-0.05, 0) is 37.9 Å². The average Bonchev–Trinajstić information content (AvgIpc) is 2.62. The summed E-state index contributed by atoms with van der Waals surface area (Å²) in [7, 11) is 1.56. The standard InChI is InChI=1S/C18H29N3O4/c1-3-25-18(23)15(13-14-7-4-5-8-16(14)24-2)17(22)21-11-6-10-20-12-9-19/h4-5,7-8,15,20H,3,6,9-13,19H2,1-2H3,(H,21,22). The summed E-state index contributed by atoms with van der Waals surface area (Å²) in [6.07, 6.45) is 0.996. The zero-order chi connectivity index (χ0) is 18.5. The Bertz CT molecular complexity index is 537. The van der Waals surface area contributed by atoms with Gasteiger partial charge >= 0.3 is 5.97 Å². The van der Waals surface area contributed by atoms with Crippen LogP contribution in [0.4, 0.5) is 0 Å². The van der Waals surface area contributed by atoms with Gasteiger partial charge in [-0.2, -0.15) is 0 Å². The Kier molecular flexibility index (Phi) is 10.3. The minimum absolute atomic E-state index is 0.234. The molecule has 1 atom stereocenters. The first-order valence-corrected chi connectivity index (χ1v) is 8.61. The number of nitrogens with one attached hydrogen (secondary N) is 2. The Morgan fingerprint density at radius 1 is 1.20 bits per heavy atom. The van der Waals surface area contributed by atoms with E-state index >= 15 is 0 Å². The molecule has 25 heavy (non-hydrogen) atoms. The van der Waals surface area contributed by atoms with E-state index in [1.807, 2.05) is 18.2 Å². The predicted octanol–water partition coefficient (Wildman–Crippen LogP) is 0.472. The minimum Gasteiger partial charge on any atom is -0.496 e. The van der Waals surface area contributed by atoms with Crippen molar-refractivity contribution in [2.75, 3.05) is 39.9 Å². The van der Waals surface area contributed by atoms with Crippen molar-refractivity contribution < 1.29 is 19.1 Å². The summed E-state index contributed by atoms with van der Waals surface area (Å²) >= 11 is 0. The fraction of sp³-hybridized carbons (Fsp3) is 0.556. The highest BCUT2D eigenvalue weighted by Gasteiger charge is 2.29. The van der Waals surface area contributed by atoms with Crippen molar-refractivity contribution in [2.24, 2.45) is 11.7 Å². The number of esters is 1. The van der Waals surface area contributed by atoms with Gasteiger partial charge in [0, 0.05) is 19.6 Å². The molecule has 0 saturated carbocycles. The maximum atomic E-state index is 12.5. The third-order valence-corrected chi connectivity index (χ3v) is 3.65. The molecule has 7 nitrogen and oxygen atoms in total. The number of hydrogen-bond acceptors (Lipinski definition) is 6. The van der Waals surface area contributed by atoms with Crippen LogP contribution < -0.4 is 21.1 Å². The molecule has 4 N–H and O–H groups in total. The lowest BCUT2D eigenvalue weighted by Crippen LogP contribution is -2.39. The highest BCUT2D eigenvalue weighted by atomic mass is 16.5. The maximum absolute atomic E-state index is 12.5. The number of carbonyl (C=O) groups is 2. The summed E-state index contributed by atoms with van der Waals surface area (Å²) < 4.78 is 10.4. The molecule has 1 unspecified atom stereocenters. The molecule has 140 valence electrons. The van der Waals surface area contributed by atoms with E-state index in [1.54, 1.807) is 20.1 Å². The Labute approximate surface area is 149 Å². The molecule has 0 aliphatic carbocycles. The lowest BCUT2D eigenvalue weighted by molar-refractivity contribution is -0.152. The van der Waals surface area contributed by atoms with Crippen molar-refractivity contribution in [1.29, 1.82) is 0 Å². The van der Waals surface area contributed by atoms with E-state index in [2.05, 4.69) is 10.6 Å². The van der Waals surface area contributed by atoms with Gasteiger partial charge < -0.3 is 25.8 Å². The van der Waals surface area contributed by atoms with Crippen LogP contribution in [0.15, 0.2) is 24.3 Å². The van der Waals surface area contributed by atoms with E-state index in [-0.39, 0.29) is 18.9 Å². The van der Waals surface area contributed by atoms with E-state index in [0.29, 0.717) is 18.8 Å². The van der Waals surface area contributed by atoms with Crippen LogP contribution in [0.2, 0.25) is 0 Å². The van der Waals surface area contributed by atoms with Crippen LogP contribution in [-0.4, -0.2) is 51.8 Å². The van der Waals surface area contributed by atoms with E-state index in [1.165, 1.54) is 0 Å². The second-order valence-corrected chi connectivity index (χ2v) is 5.50. The third kappa shape index (κ3) is 7.53. The molecule has 0 aliphatic rings. The van der Waals surface area contributed by atoms with Crippen LogP contribution >= 0.6 is 0 Å². The lowest BCUT2D eigenvalue weighted by Gasteiger charge is -2.17. The van der Waals surface area contributed by atoms with Crippen molar-refractivity contribution in [2.45, 2.75) is 19.8 Å². The van der Waals surface area contributed by atoms with Crippen molar-refractivity contribution in [1.82, 2.24) is 10.6 Å². The second kappa shape index (κ2) is 12.3. The molecule has 0 heterocycles. The summed E-state index contributed by atoms with van der Waals surface area (Å²) in [5.41, 5.74) is 6.19. The average molecular weight is 351 g/mol. The number of carbonyl (C=O) groups excluding carboxylic acids is 2. The smallest absolute Gasteiger partial charge is 0.318 e. The number of hydrogen-bond donors (Lipinski definition) is 3. The number of nitrogens with two attached hydrogens (primary N) is 1. The van der Waals surface area contributed by atoms with Crippen LogP contribution in [0, 0.1) is 5.92 Å². The van der Waals surface area contributed by atoms with Gasteiger partial charge in [-0.25, -0.2) is 0 Å². The van der Waals surface area contributed by atoms with Gasteiger partial charge in [0.2, 0.25) is 5.91 Å². The van der Waals surface area contributed by atoms with Gasteiger partial charge in [-0.15, -0.1) is 0 Å². The second-order valence-electron chi connectivity index (χ2n) is 5.50. The van der Waals surface area contributed by atoms with Gasteiger partial charge in [0.25, 0.3) is 0 Å². The molecule has 0 radical (unpaired) electrons.